The second-order valence-corrected chi connectivity index (χ2v) is 4.98. The van der Waals surface area contributed by atoms with Gasteiger partial charge in [-0.1, -0.05) is 20.8 Å². The SMILES string of the molecule is CCCNc1nc(C)nc(N(CCC)CCC)c1C. The summed E-state index contributed by atoms with van der Waals surface area (Å²) >= 11 is 0. The third kappa shape index (κ3) is 4.37. The second-order valence-electron chi connectivity index (χ2n) is 4.98. The molecule has 4 heteroatoms. The van der Waals surface area contributed by atoms with Gasteiger partial charge in [-0.3, -0.25) is 0 Å². The van der Waals surface area contributed by atoms with Gasteiger partial charge in [0.15, 0.2) is 0 Å². The molecule has 0 aromatic carbocycles. The number of nitrogens with one attached hydrogen (secondary N) is 1. The summed E-state index contributed by atoms with van der Waals surface area (Å²) in [6.07, 6.45) is 3.38. The Kier molecular flexibility index (Phi) is 6.60. The molecule has 0 amide bonds. The molecular weight excluding hydrogens is 236 g/mol. The van der Waals surface area contributed by atoms with E-state index in [9.17, 15) is 0 Å². The van der Waals surface area contributed by atoms with Gasteiger partial charge in [0.25, 0.3) is 0 Å². The van der Waals surface area contributed by atoms with E-state index in [1.165, 1.54) is 5.56 Å². The van der Waals surface area contributed by atoms with Crippen LogP contribution in [0.25, 0.3) is 0 Å². The van der Waals surface area contributed by atoms with E-state index in [4.69, 9.17) is 0 Å². The minimum atomic E-state index is 0.844. The topological polar surface area (TPSA) is 41.1 Å². The van der Waals surface area contributed by atoms with Crippen molar-refractivity contribution in [1.29, 1.82) is 0 Å². The molecule has 4 nitrogen and oxygen atoms in total. The molecule has 0 fully saturated rings. The molecule has 1 rings (SSSR count). The van der Waals surface area contributed by atoms with E-state index in [2.05, 4.69) is 47.9 Å². The van der Waals surface area contributed by atoms with Crippen molar-refractivity contribution in [2.45, 2.75) is 53.9 Å². The molecule has 0 radical (unpaired) electrons. The van der Waals surface area contributed by atoms with Crippen LogP contribution in [0.15, 0.2) is 0 Å². The number of aromatic nitrogens is 2. The fourth-order valence-corrected chi connectivity index (χ4v) is 2.20. The van der Waals surface area contributed by atoms with Gasteiger partial charge in [0.1, 0.15) is 17.5 Å². The van der Waals surface area contributed by atoms with Crippen LogP contribution in [-0.4, -0.2) is 29.6 Å². The van der Waals surface area contributed by atoms with Crippen LogP contribution in [0.4, 0.5) is 11.6 Å². The first-order chi connectivity index (χ1) is 9.13. The Balaban J connectivity index is 3.06. The Morgan fingerprint density at radius 2 is 1.58 bits per heavy atom. The number of nitrogens with zero attached hydrogens (tertiary/aromatic N) is 3. The third-order valence-corrected chi connectivity index (χ3v) is 3.06. The molecular formula is C15H28N4. The highest BCUT2D eigenvalue weighted by Crippen LogP contribution is 2.24. The molecule has 0 aliphatic carbocycles. The predicted molar refractivity (Wildman–Crippen MR) is 83.1 cm³/mol. The highest BCUT2D eigenvalue weighted by atomic mass is 15.2. The summed E-state index contributed by atoms with van der Waals surface area (Å²) in [6.45, 7) is 13.7. The molecule has 19 heavy (non-hydrogen) atoms. The van der Waals surface area contributed by atoms with E-state index < -0.39 is 0 Å². The number of hydrogen-bond donors (Lipinski definition) is 1. The lowest BCUT2D eigenvalue weighted by molar-refractivity contribution is 0.727. The molecule has 108 valence electrons. The van der Waals surface area contributed by atoms with Gasteiger partial charge in [-0.15, -0.1) is 0 Å². The van der Waals surface area contributed by atoms with E-state index in [1.807, 2.05) is 6.92 Å². The standard InChI is InChI=1S/C15H28N4/c1-6-9-16-14-12(4)15(18-13(5)17-14)19(10-7-2)11-8-3/h6-11H2,1-5H3,(H,16,17,18). The van der Waals surface area contributed by atoms with Crippen molar-refractivity contribution in [2.75, 3.05) is 29.9 Å². The average Bonchev–Trinajstić information content (AvgIpc) is 2.39. The van der Waals surface area contributed by atoms with Crippen molar-refractivity contribution in [3.8, 4) is 0 Å². The van der Waals surface area contributed by atoms with E-state index >= 15 is 0 Å². The maximum absolute atomic E-state index is 4.65. The summed E-state index contributed by atoms with van der Waals surface area (Å²) in [5.74, 6) is 2.92. The van der Waals surface area contributed by atoms with Crippen LogP contribution in [-0.2, 0) is 0 Å². The Morgan fingerprint density at radius 3 is 2.11 bits per heavy atom. The van der Waals surface area contributed by atoms with Gasteiger partial charge in [0, 0.05) is 25.2 Å². The van der Waals surface area contributed by atoms with Crippen LogP contribution in [0.5, 0.6) is 0 Å². The smallest absolute Gasteiger partial charge is 0.137 e. The van der Waals surface area contributed by atoms with Crippen LogP contribution in [0.1, 0.15) is 51.4 Å². The monoisotopic (exact) mass is 264 g/mol. The molecule has 0 aliphatic rings. The van der Waals surface area contributed by atoms with Crippen LogP contribution in [0.3, 0.4) is 0 Å². The first-order valence-electron chi connectivity index (χ1n) is 7.48. The summed E-state index contributed by atoms with van der Waals surface area (Å²) < 4.78 is 0. The number of aryl methyl sites for hydroxylation is 1. The largest absolute Gasteiger partial charge is 0.370 e. The first kappa shape index (κ1) is 15.7. The zero-order valence-corrected chi connectivity index (χ0v) is 13.1. The molecule has 0 spiro atoms. The van der Waals surface area contributed by atoms with Crippen molar-refractivity contribution in [3.05, 3.63) is 11.4 Å². The van der Waals surface area contributed by atoms with Crippen molar-refractivity contribution in [1.82, 2.24) is 9.97 Å². The molecule has 0 aliphatic heterocycles. The maximum Gasteiger partial charge on any atom is 0.137 e. The number of anilines is 2. The summed E-state index contributed by atoms with van der Waals surface area (Å²) in [5, 5.41) is 3.41. The van der Waals surface area contributed by atoms with Gasteiger partial charge in [-0.05, 0) is 33.1 Å². The normalized spacial score (nSPS) is 10.6. The van der Waals surface area contributed by atoms with E-state index in [1.54, 1.807) is 0 Å². The molecule has 0 saturated heterocycles. The highest BCUT2D eigenvalue weighted by molar-refractivity contribution is 5.58. The van der Waals surface area contributed by atoms with Gasteiger partial charge < -0.3 is 10.2 Å². The predicted octanol–water partition coefficient (Wildman–Crippen LogP) is 3.54. The van der Waals surface area contributed by atoms with Crippen LogP contribution in [0, 0.1) is 13.8 Å². The Bertz CT molecular complexity index is 384. The van der Waals surface area contributed by atoms with E-state index in [-0.39, 0.29) is 0 Å². The fraction of sp³-hybridized carbons (Fsp3) is 0.733. The van der Waals surface area contributed by atoms with Crippen molar-refractivity contribution < 1.29 is 0 Å². The van der Waals surface area contributed by atoms with Crippen LogP contribution < -0.4 is 10.2 Å². The van der Waals surface area contributed by atoms with Gasteiger partial charge >= 0.3 is 0 Å². The molecule has 1 aromatic rings. The van der Waals surface area contributed by atoms with Crippen LogP contribution >= 0.6 is 0 Å². The van der Waals surface area contributed by atoms with Crippen LogP contribution in [0.2, 0.25) is 0 Å². The molecule has 0 unspecified atom stereocenters. The van der Waals surface area contributed by atoms with E-state index in [0.29, 0.717) is 0 Å². The molecule has 0 atom stereocenters. The van der Waals surface area contributed by atoms with Gasteiger partial charge in [-0.2, -0.15) is 0 Å². The average molecular weight is 264 g/mol. The van der Waals surface area contributed by atoms with Crippen molar-refractivity contribution in [2.24, 2.45) is 0 Å². The lowest BCUT2D eigenvalue weighted by Gasteiger charge is -2.25. The zero-order chi connectivity index (χ0) is 14.3. The van der Waals surface area contributed by atoms with Gasteiger partial charge in [0.2, 0.25) is 0 Å². The van der Waals surface area contributed by atoms with E-state index in [0.717, 1.165) is 56.4 Å². The molecule has 1 aromatic heterocycles. The maximum atomic E-state index is 4.65. The summed E-state index contributed by atoms with van der Waals surface area (Å²) in [7, 11) is 0. The van der Waals surface area contributed by atoms with Crippen molar-refractivity contribution in [3.63, 3.8) is 0 Å². The third-order valence-electron chi connectivity index (χ3n) is 3.06. The molecule has 0 bridgehead atoms. The summed E-state index contributed by atoms with van der Waals surface area (Å²) in [5.41, 5.74) is 1.17. The minimum Gasteiger partial charge on any atom is -0.370 e. The summed E-state index contributed by atoms with van der Waals surface area (Å²) in [4.78, 5) is 11.6. The van der Waals surface area contributed by atoms with Crippen molar-refractivity contribution >= 4 is 11.6 Å². The second kappa shape index (κ2) is 7.97. The Hall–Kier alpha value is -1.32. The first-order valence-corrected chi connectivity index (χ1v) is 7.48. The van der Waals surface area contributed by atoms with Gasteiger partial charge in [-0.25, -0.2) is 9.97 Å². The minimum absolute atomic E-state index is 0.844. The molecule has 1 heterocycles. The Labute approximate surface area is 117 Å². The number of rotatable bonds is 8. The highest BCUT2D eigenvalue weighted by Gasteiger charge is 2.14. The lowest BCUT2D eigenvalue weighted by atomic mass is 10.2. The molecule has 0 saturated carbocycles. The Morgan fingerprint density at radius 1 is 0.947 bits per heavy atom. The fourth-order valence-electron chi connectivity index (χ4n) is 2.20. The summed E-state index contributed by atoms with van der Waals surface area (Å²) in [6, 6.07) is 0. The molecule has 1 N–H and O–H groups in total. The number of hydrogen-bond acceptors (Lipinski definition) is 4. The van der Waals surface area contributed by atoms with Gasteiger partial charge in [0.05, 0.1) is 0 Å². The lowest BCUT2D eigenvalue weighted by Crippen LogP contribution is -2.27. The zero-order valence-electron chi connectivity index (χ0n) is 13.1. The quantitative estimate of drug-likeness (QED) is 0.779.